The summed E-state index contributed by atoms with van der Waals surface area (Å²) in [5, 5.41) is 14.5. The van der Waals surface area contributed by atoms with Gasteiger partial charge in [-0.25, -0.2) is 0 Å². The van der Waals surface area contributed by atoms with Crippen LogP contribution in [0.4, 0.5) is 11.4 Å². The molecular weight excluding hydrogens is 284 g/mol. The number of ether oxygens (including phenoxy) is 1. The van der Waals surface area contributed by atoms with E-state index >= 15 is 0 Å². The molecule has 2 rings (SSSR count). The Balaban J connectivity index is 2.18. The number of carbonyl (C=O) groups is 1. The van der Waals surface area contributed by atoms with Gasteiger partial charge in [0.05, 0.1) is 11.0 Å². The first-order valence-electron chi connectivity index (χ1n) is 7.56. The Morgan fingerprint density at radius 2 is 2.18 bits per heavy atom. The van der Waals surface area contributed by atoms with E-state index in [0.717, 1.165) is 12.8 Å². The number of nitro groups is 1. The normalized spacial score (nSPS) is 21.6. The van der Waals surface area contributed by atoms with E-state index in [9.17, 15) is 14.9 Å². The van der Waals surface area contributed by atoms with Gasteiger partial charge < -0.3 is 10.1 Å². The number of nitrogens with one attached hydrogen (secondary N) is 1. The quantitative estimate of drug-likeness (QED) is 0.512. The molecular formula is C16H22N2O4. The molecule has 0 aromatic heterocycles. The van der Waals surface area contributed by atoms with E-state index in [-0.39, 0.29) is 23.6 Å². The van der Waals surface area contributed by atoms with Crippen LogP contribution >= 0.6 is 0 Å². The van der Waals surface area contributed by atoms with Gasteiger partial charge in [0.25, 0.3) is 5.69 Å². The maximum atomic E-state index is 11.4. The molecule has 6 heteroatoms. The van der Waals surface area contributed by atoms with Crippen molar-refractivity contribution < 1.29 is 14.5 Å². The topological polar surface area (TPSA) is 81.5 Å². The van der Waals surface area contributed by atoms with E-state index < -0.39 is 4.92 Å². The van der Waals surface area contributed by atoms with Crippen LogP contribution in [-0.2, 0) is 4.74 Å². The van der Waals surface area contributed by atoms with Gasteiger partial charge in [-0.05, 0) is 37.8 Å². The molecule has 0 spiro atoms. The van der Waals surface area contributed by atoms with Crippen molar-refractivity contribution in [2.45, 2.75) is 45.8 Å². The maximum absolute atomic E-state index is 11.4. The molecule has 1 aromatic carbocycles. The Bertz CT molecular complexity index is 571. The minimum Gasteiger partial charge on any atom is -0.378 e. The number of rotatable bonds is 5. The van der Waals surface area contributed by atoms with Crippen LogP contribution in [0, 0.1) is 16.0 Å². The molecule has 0 bridgehead atoms. The van der Waals surface area contributed by atoms with Gasteiger partial charge in [0.15, 0.2) is 5.78 Å². The number of hydrogen-bond donors (Lipinski definition) is 1. The van der Waals surface area contributed by atoms with Gasteiger partial charge in [-0.15, -0.1) is 0 Å². The number of Topliss-reactive ketones (excluding diaryl/α,β-unsaturated/α-hetero) is 1. The van der Waals surface area contributed by atoms with Gasteiger partial charge >= 0.3 is 0 Å². The zero-order chi connectivity index (χ0) is 16.3. The number of hydrogen-bond acceptors (Lipinski definition) is 5. The SMILES string of the molecule is CC(=O)c1ccc(NC2CCOC(C(C)C)C2)c([N+](=O)[O-])c1. The van der Waals surface area contributed by atoms with E-state index in [1.807, 2.05) is 0 Å². The summed E-state index contributed by atoms with van der Waals surface area (Å²) in [7, 11) is 0. The molecule has 1 aliphatic rings. The molecule has 0 saturated carbocycles. The molecule has 1 aliphatic heterocycles. The number of carbonyl (C=O) groups excluding carboxylic acids is 1. The van der Waals surface area contributed by atoms with Crippen LogP contribution in [0.2, 0.25) is 0 Å². The minimum absolute atomic E-state index is 0.0553. The fourth-order valence-corrected chi connectivity index (χ4v) is 2.67. The lowest BCUT2D eigenvalue weighted by Gasteiger charge is -2.32. The average Bonchev–Trinajstić information content (AvgIpc) is 2.47. The predicted octanol–water partition coefficient (Wildman–Crippen LogP) is 3.41. The minimum atomic E-state index is -0.450. The van der Waals surface area contributed by atoms with Gasteiger partial charge in [-0.3, -0.25) is 14.9 Å². The van der Waals surface area contributed by atoms with Crippen LogP contribution in [0.15, 0.2) is 18.2 Å². The third-order valence-corrected chi connectivity index (χ3v) is 4.02. The zero-order valence-corrected chi connectivity index (χ0v) is 13.2. The average molecular weight is 306 g/mol. The van der Waals surface area contributed by atoms with Crippen molar-refractivity contribution in [1.29, 1.82) is 0 Å². The van der Waals surface area contributed by atoms with Crippen LogP contribution in [-0.4, -0.2) is 29.5 Å². The summed E-state index contributed by atoms with van der Waals surface area (Å²) in [5.74, 6) is 0.236. The van der Waals surface area contributed by atoms with Crippen molar-refractivity contribution in [1.82, 2.24) is 0 Å². The van der Waals surface area contributed by atoms with Crippen LogP contribution in [0.5, 0.6) is 0 Å². The first kappa shape index (κ1) is 16.4. The summed E-state index contributed by atoms with van der Waals surface area (Å²) in [6.07, 6.45) is 1.81. The number of ketones is 1. The molecule has 0 radical (unpaired) electrons. The van der Waals surface area contributed by atoms with Crippen molar-refractivity contribution in [3.8, 4) is 0 Å². The number of anilines is 1. The van der Waals surface area contributed by atoms with Crippen molar-refractivity contribution >= 4 is 17.2 Å². The molecule has 6 nitrogen and oxygen atoms in total. The highest BCUT2D eigenvalue weighted by Gasteiger charge is 2.26. The lowest BCUT2D eigenvalue weighted by Crippen LogP contribution is -2.36. The van der Waals surface area contributed by atoms with Crippen LogP contribution in [0.3, 0.4) is 0 Å². The zero-order valence-electron chi connectivity index (χ0n) is 13.2. The summed E-state index contributed by atoms with van der Waals surface area (Å²) in [4.78, 5) is 22.2. The number of nitrogens with zero attached hydrogens (tertiary/aromatic N) is 1. The van der Waals surface area contributed by atoms with Gasteiger partial charge in [-0.2, -0.15) is 0 Å². The van der Waals surface area contributed by atoms with Crippen molar-refractivity contribution in [2.24, 2.45) is 5.92 Å². The second-order valence-electron chi connectivity index (χ2n) is 6.06. The number of benzene rings is 1. The molecule has 2 atom stereocenters. The summed E-state index contributed by atoms with van der Waals surface area (Å²) in [5.41, 5.74) is 0.758. The van der Waals surface area contributed by atoms with Gasteiger partial charge in [0.1, 0.15) is 5.69 Å². The fraction of sp³-hybridized carbons (Fsp3) is 0.562. The highest BCUT2D eigenvalue weighted by Crippen LogP contribution is 2.29. The molecule has 1 N–H and O–H groups in total. The van der Waals surface area contributed by atoms with Gasteiger partial charge in [-0.1, -0.05) is 13.8 Å². The molecule has 1 aromatic rings. The first-order valence-corrected chi connectivity index (χ1v) is 7.56. The summed E-state index contributed by atoms with van der Waals surface area (Å²) in [6, 6.07) is 4.72. The highest BCUT2D eigenvalue weighted by atomic mass is 16.6. The lowest BCUT2D eigenvalue weighted by molar-refractivity contribution is -0.384. The molecule has 2 unspecified atom stereocenters. The smallest absolute Gasteiger partial charge is 0.293 e. The molecule has 1 saturated heterocycles. The molecule has 120 valence electrons. The Kier molecular flexibility index (Phi) is 5.13. The Morgan fingerprint density at radius 1 is 1.45 bits per heavy atom. The number of nitro benzene ring substituents is 1. The fourth-order valence-electron chi connectivity index (χ4n) is 2.67. The monoisotopic (exact) mass is 306 g/mol. The van der Waals surface area contributed by atoms with Crippen molar-refractivity contribution in [2.75, 3.05) is 11.9 Å². The highest BCUT2D eigenvalue weighted by molar-refractivity contribution is 5.95. The molecule has 1 heterocycles. The van der Waals surface area contributed by atoms with Crippen molar-refractivity contribution in [3.05, 3.63) is 33.9 Å². The van der Waals surface area contributed by atoms with Gasteiger partial charge in [0.2, 0.25) is 0 Å². The third-order valence-electron chi connectivity index (χ3n) is 4.02. The van der Waals surface area contributed by atoms with E-state index in [1.54, 1.807) is 12.1 Å². The van der Waals surface area contributed by atoms with E-state index in [2.05, 4.69) is 19.2 Å². The summed E-state index contributed by atoms with van der Waals surface area (Å²) < 4.78 is 5.72. The maximum Gasteiger partial charge on any atom is 0.293 e. The predicted molar refractivity (Wildman–Crippen MR) is 84.3 cm³/mol. The summed E-state index contributed by atoms with van der Waals surface area (Å²) in [6.45, 7) is 6.27. The summed E-state index contributed by atoms with van der Waals surface area (Å²) >= 11 is 0. The molecule has 1 fully saturated rings. The van der Waals surface area contributed by atoms with Crippen molar-refractivity contribution in [3.63, 3.8) is 0 Å². The van der Waals surface area contributed by atoms with E-state index in [0.29, 0.717) is 23.8 Å². The van der Waals surface area contributed by atoms with Crippen LogP contribution < -0.4 is 5.32 Å². The largest absolute Gasteiger partial charge is 0.378 e. The second kappa shape index (κ2) is 6.87. The first-order chi connectivity index (χ1) is 10.4. The molecule has 22 heavy (non-hydrogen) atoms. The van der Waals surface area contributed by atoms with E-state index in [1.165, 1.54) is 13.0 Å². The Morgan fingerprint density at radius 3 is 2.77 bits per heavy atom. The Hall–Kier alpha value is -1.95. The third kappa shape index (κ3) is 3.82. The standard InChI is InChI=1S/C16H22N2O4/c1-10(2)16-9-13(6-7-22-16)17-14-5-4-12(11(3)19)8-15(14)18(20)21/h4-5,8,10,13,16-17H,6-7,9H2,1-3H3. The van der Waals surface area contributed by atoms with Crippen LogP contribution in [0.25, 0.3) is 0 Å². The van der Waals surface area contributed by atoms with Crippen LogP contribution in [0.1, 0.15) is 44.0 Å². The lowest BCUT2D eigenvalue weighted by atomic mass is 9.95. The second-order valence-corrected chi connectivity index (χ2v) is 6.06. The Labute approximate surface area is 130 Å². The molecule has 0 amide bonds. The van der Waals surface area contributed by atoms with E-state index in [4.69, 9.17) is 4.74 Å². The van der Waals surface area contributed by atoms with Gasteiger partial charge in [0, 0.05) is 24.3 Å². The molecule has 0 aliphatic carbocycles.